The Labute approximate surface area is 185 Å². The lowest BCUT2D eigenvalue weighted by atomic mass is 10.1. The van der Waals surface area contributed by atoms with Crippen molar-refractivity contribution in [1.82, 2.24) is 9.80 Å². The summed E-state index contributed by atoms with van der Waals surface area (Å²) in [5.41, 5.74) is 1.13. The molecule has 0 aliphatic carbocycles. The first kappa shape index (κ1) is 23.3. The third-order valence-electron chi connectivity index (χ3n) is 5.72. The molecule has 0 saturated carbocycles. The van der Waals surface area contributed by atoms with Gasteiger partial charge in [0.15, 0.2) is 9.84 Å². The van der Waals surface area contributed by atoms with Gasteiger partial charge in [-0.1, -0.05) is 30.3 Å². The van der Waals surface area contributed by atoms with Gasteiger partial charge in [0.05, 0.1) is 17.8 Å². The van der Waals surface area contributed by atoms with Crippen LogP contribution in [0.2, 0.25) is 0 Å². The van der Waals surface area contributed by atoms with Crippen molar-refractivity contribution in [3.05, 3.63) is 60.2 Å². The SMILES string of the molecule is COc1ccc(CCC(=O)N2CCCN(CCCS(=O)(=O)c3ccccc3)CC2)cc1. The number of methoxy groups -OCH3 is 1. The van der Waals surface area contributed by atoms with Crippen molar-refractivity contribution in [2.45, 2.75) is 30.6 Å². The summed E-state index contributed by atoms with van der Waals surface area (Å²) in [5, 5.41) is 0. The fourth-order valence-corrected chi connectivity index (χ4v) is 5.19. The number of carbonyl (C=O) groups is 1. The smallest absolute Gasteiger partial charge is 0.222 e. The molecule has 168 valence electrons. The summed E-state index contributed by atoms with van der Waals surface area (Å²) in [4.78, 5) is 17.3. The molecule has 0 radical (unpaired) electrons. The van der Waals surface area contributed by atoms with Gasteiger partial charge >= 0.3 is 0 Å². The predicted molar refractivity (Wildman–Crippen MR) is 122 cm³/mol. The maximum Gasteiger partial charge on any atom is 0.222 e. The quantitative estimate of drug-likeness (QED) is 0.595. The van der Waals surface area contributed by atoms with E-state index in [1.165, 1.54) is 0 Å². The van der Waals surface area contributed by atoms with Crippen LogP contribution in [0.3, 0.4) is 0 Å². The van der Waals surface area contributed by atoms with Crippen LogP contribution in [-0.2, 0) is 21.1 Å². The summed E-state index contributed by atoms with van der Waals surface area (Å²) < 4.78 is 30.0. The van der Waals surface area contributed by atoms with Crippen molar-refractivity contribution in [3.63, 3.8) is 0 Å². The van der Waals surface area contributed by atoms with Gasteiger partial charge in [-0.15, -0.1) is 0 Å². The molecule has 1 heterocycles. The fraction of sp³-hybridized carbons (Fsp3) is 0.458. The topological polar surface area (TPSA) is 66.9 Å². The van der Waals surface area contributed by atoms with Crippen LogP contribution in [0.1, 0.15) is 24.8 Å². The molecule has 0 N–H and O–H groups in total. The first-order valence-electron chi connectivity index (χ1n) is 10.9. The summed E-state index contributed by atoms with van der Waals surface area (Å²) >= 11 is 0. The summed E-state index contributed by atoms with van der Waals surface area (Å²) in [6, 6.07) is 16.5. The van der Waals surface area contributed by atoms with E-state index in [0.29, 0.717) is 24.3 Å². The van der Waals surface area contributed by atoms with Crippen LogP contribution in [0.15, 0.2) is 59.5 Å². The van der Waals surface area contributed by atoms with Gasteiger partial charge in [0, 0.05) is 26.1 Å². The Morgan fingerprint density at radius 1 is 0.968 bits per heavy atom. The minimum absolute atomic E-state index is 0.151. The second kappa shape index (κ2) is 11.3. The molecular formula is C24H32N2O4S. The van der Waals surface area contributed by atoms with E-state index in [9.17, 15) is 13.2 Å². The standard InChI is InChI=1S/C24H32N2O4S/c1-30-22-12-9-21(10-13-22)11-14-24(27)26-17-5-15-25(18-19-26)16-6-20-31(28,29)23-7-3-2-4-8-23/h2-4,7-10,12-13H,5-6,11,14-20H2,1H3. The normalized spacial score (nSPS) is 15.5. The first-order valence-corrected chi connectivity index (χ1v) is 12.5. The molecule has 2 aromatic carbocycles. The monoisotopic (exact) mass is 444 g/mol. The van der Waals surface area contributed by atoms with E-state index < -0.39 is 9.84 Å². The molecule has 2 aromatic rings. The molecule has 31 heavy (non-hydrogen) atoms. The van der Waals surface area contributed by atoms with Gasteiger partial charge in [-0.05, 0) is 62.2 Å². The van der Waals surface area contributed by atoms with Crippen LogP contribution >= 0.6 is 0 Å². The lowest BCUT2D eigenvalue weighted by molar-refractivity contribution is -0.131. The molecule has 0 spiro atoms. The van der Waals surface area contributed by atoms with Gasteiger partial charge < -0.3 is 14.5 Å². The van der Waals surface area contributed by atoms with Crippen molar-refractivity contribution in [1.29, 1.82) is 0 Å². The average molecular weight is 445 g/mol. The van der Waals surface area contributed by atoms with Crippen molar-refractivity contribution >= 4 is 15.7 Å². The van der Waals surface area contributed by atoms with Crippen LogP contribution < -0.4 is 4.74 Å². The number of sulfone groups is 1. The second-order valence-electron chi connectivity index (χ2n) is 7.91. The summed E-state index contributed by atoms with van der Waals surface area (Å²) in [7, 11) is -1.59. The van der Waals surface area contributed by atoms with Crippen molar-refractivity contribution < 1.29 is 17.9 Å². The molecule has 0 bridgehead atoms. The molecule has 0 aromatic heterocycles. The molecule has 7 heteroatoms. The number of carbonyl (C=O) groups excluding carboxylic acids is 1. The van der Waals surface area contributed by atoms with Crippen molar-refractivity contribution in [2.24, 2.45) is 0 Å². The number of rotatable bonds is 9. The number of amides is 1. The molecular weight excluding hydrogens is 412 g/mol. The summed E-state index contributed by atoms with van der Waals surface area (Å²) in [6.07, 6.45) is 2.74. The van der Waals surface area contributed by atoms with E-state index in [-0.39, 0.29) is 11.7 Å². The lowest BCUT2D eigenvalue weighted by Crippen LogP contribution is -2.35. The first-order chi connectivity index (χ1) is 15.0. The van der Waals surface area contributed by atoms with Gasteiger partial charge in [0.2, 0.25) is 5.91 Å². The van der Waals surface area contributed by atoms with Gasteiger partial charge in [0.1, 0.15) is 5.75 Å². The van der Waals surface area contributed by atoms with E-state index in [2.05, 4.69) is 4.90 Å². The van der Waals surface area contributed by atoms with E-state index >= 15 is 0 Å². The van der Waals surface area contributed by atoms with E-state index in [0.717, 1.165) is 50.3 Å². The third-order valence-corrected chi connectivity index (χ3v) is 7.53. The Bertz CT molecular complexity index is 930. The van der Waals surface area contributed by atoms with E-state index in [4.69, 9.17) is 4.74 Å². The Hall–Kier alpha value is -2.38. The Morgan fingerprint density at radius 3 is 2.42 bits per heavy atom. The largest absolute Gasteiger partial charge is 0.497 e. The zero-order valence-electron chi connectivity index (χ0n) is 18.2. The van der Waals surface area contributed by atoms with Crippen LogP contribution in [0.5, 0.6) is 5.75 Å². The Kier molecular flexibility index (Phi) is 8.49. The number of benzene rings is 2. The molecule has 1 fully saturated rings. The van der Waals surface area contributed by atoms with E-state index in [1.807, 2.05) is 35.2 Å². The molecule has 1 aliphatic rings. The third kappa shape index (κ3) is 7.08. The Balaban J connectivity index is 1.40. The maximum absolute atomic E-state index is 12.7. The highest BCUT2D eigenvalue weighted by molar-refractivity contribution is 7.91. The number of aryl methyl sites for hydroxylation is 1. The van der Waals surface area contributed by atoms with Gasteiger partial charge in [-0.2, -0.15) is 0 Å². The number of nitrogens with zero attached hydrogens (tertiary/aromatic N) is 2. The van der Waals surface area contributed by atoms with Crippen LogP contribution in [0.4, 0.5) is 0 Å². The number of hydrogen-bond acceptors (Lipinski definition) is 5. The molecule has 0 atom stereocenters. The molecule has 3 rings (SSSR count). The molecule has 6 nitrogen and oxygen atoms in total. The predicted octanol–water partition coefficient (Wildman–Crippen LogP) is 3.03. The van der Waals surface area contributed by atoms with Gasteiger partial charge in [-0.25, -0.2) is 8.42 Å². The molecule has 1 amide bonds. The fourth-order valence-electron chi connectivity index (χ4n) is 3.87. The van der Waals surface area contributed by atoms with Crippen LogP contribution in [0.25, 0.3) is 0 Å². The minimum Gasteiger partial charge on any atom is -0.497 e. The zero-order valence-corrected chi connectivity index (χ0v) is 19.0. The van der Waals surface area contributed by atoms with E-state index in [1.54, 1.807) is 31.4 Å². The molecule has 1 saturated heterocycles. The second-order valence-corrected chi connectivity index (χ2v) is 10.0. The molecule has 0 unspecified atom stereocenters. The lowest BCUT2D eigenvalue weighted by Gasteiger charge is -2.22. The van der Waals surface area contributed by atoms with Gasteiger partial charge in [0.25, 0.3) is 0 Å². The highest BCUT2D eigenvalue weighted by Crippen LogP contribution is 2.15. The van der Waals surface area contributed by atoms with Crippen molar-refractivity contribution in [2.75, 3.05) is 45.6 Å². The number of hydrogen-bond donors (Lipinski definition) is 0. The average Bonchev–Trinajstić information content (AvgIpc) is 3.04. The molecule has 1 aliphatic heterocycles. The minimum atomic E-state index is -3.23. The van der Waals surface area contributed by atoms with Gasteiger partial charge in [-0.3, -0.25) is 4.79 Å². The number of ether oxygens (including phenoxy) is 1. The Morgan fingerprint density at radius 2 is 1.71 bits per heavy atom. The maximum atomic E-state index is 12.7. The van der Waals surface area contributed by atoms with Crippen LogP contribution in [-0.4, -0.2) is 69.7 Å². The highest BCUT2D eigenvalue weighted by Gasteiger charge is 2.20. The zero-order chi connectivity index (χ0) is 22.1. The van der Waals surface area contributed by atoms with Crippen molar-refractivity contribution in [3.8, 4) is 5.75 Å². The highest BCUT2D eigenvalue weighted by atomic mass is 32.2. The summed E-state index contributed by atoms with van der Waals surface area (Å²) in [6.45, 7) is 3.89. The van der Waals surface area contributed by atoms with Crippen LogP contribution in [0, 0.1) is 0 Å². The summed E-state index contributed by atoms with van der Waals surface area (Å²) in [5.74, 6) is 1.15.